The first-order chi connectivity index (χ1) is 11.7. The van der Waals surface area contributed by atoms with Crippen LogP contribution in [-0.2, 0) is 6.54 Å². The van der Waals surface area contributed by atoms with E-state index >= 15 is 0 Å². The zero-order chi connectivity index (χ0) is 17.2. The van der Waals surface area contributed by atoms with Gasteiger partial charge in [-0.05, 0) is 24.6 Å². The molecule has 2 N–H and O–H groups in total. The molecule has 0 saturated carbocycles. The number of benzene rings is 1. The van der Waals surface area contributed by atoms with E-state index in [2.05, 4.69) is 20.7 Å². The van der Waals surface area contributed by atoms with Gasteiger partial charge in [-0.3, -0.25) is 9.67 Å². The van der Waals surface area contributed by atoms with Crippen molar-refractivity contribution in [1.29, 1.82) is 0 Å². The number of aliphatic imine (C=N–C) groups is 1. The van der Waals surface area contributed by atoms with Gasteiger partial charge in [-0.25, -0.2) is 4.39 Å². The fourth-order valence-corrected chi connectivity index (χ4v) is 2.15. The number of aromatic nitrogens is 2. The highest BCUT2D eigenvalue weighted by atomic mass is 19.1. The lowest BCUT2D eigenvalue weighted by Gasteiger charge is -2.20. The smallest absolute Gasteiger partial charge is 0.191 e. The third kappa shape index (κ3) is 5.91. The lowest BCUT2D eigenvalue weighted by atomic mass is 10.2. The highest BCUT2D eigenvalue weighted by molar-refractivity contribution is 5.79. The fraction of sp³-hybridized carbons (Fsp3) is 0.412. The van der Waals surface area contributed by atoms with Crippen molar-refractivity contribution in [3.8, 4) is 5.75 Å². The molecule has 0 spiro atoms. The van der Waals surface area contributed by atoms with E-state index in [1.165, 1.54) is 12.1 Å². The van der Waals surface area contributed by atoms with Crippen LogP contribution in [0.3, 0.4) is 0 Å². The van der Waals surface area contributed by atoms with Crippen LogP contribution in [0.15, 0.2) is 47.7 Å². The number of nitrogens with zero attached hydrogens (tertiary/aromatic N) is 3. The maximum atomic E-state index is 13.2. The Morgan fingerprint density at radius 2 is 2.25 bits per heavy atom. The van der Waals surface area contributed by atoms with E-state index in [-0.39, 0.29) is 11.9 Å². The monoisotopic (exact) mass is 333 g/mol. The Morgan fingerprint density at radius 1 is 1.38 bits per heavy atom. The molecule has 0 radical (unpaired) electrons. The molecule has 1 atom stereocenters. The van der Waals surface area contributed by atoms with Crippen LogP contribution >= 0.6 is 0 Å². The number of guanidine groups is 1. The molecule has 6 nitrogen and oxygen atoms in total. The van der Waals surface area contributed by atoms with E-state index in [1.54, 1.807) is 25.4 Å². The zero-order valence-electron chi connectivity index (χ0n) is 14.1. The fourth-order valence-electron chi connectivity index (χ4n) is 2.15. The molecule has 2 rings (SSSR count). The summed E-state index contributed by atoms with van der Waals surface area (Å²) in [5.41, 5.74) is 0. The Hall–Kier alpha value is -2.57. The molecule has 24 heavy (non-hydrogen) atoms. The SMILES string of the molecule is CCC(CNC(=NC)NCCn1cccn1)Oc1cccc(F)c1. The van der Waals surface area contributed by atoms with Gasteiger partial charge in [-0.15, -0.1) is 0 Å². The van der Waals surface area contributed by atoms with Gasteiger partial charge in [-0.2, -0.15) is 5.10 Å². The molecule has 1 aromatic carbocycles. The predicted molar refractivity (Wildman–Crippen MR) is 92.7 cm³/mol. The van der Waals surface area contributed by atoms with Crippen LogP contribution in [-0.4, -0.2) is 42.0 Å². The van der Waals surface area contributed by atoms with Crippen LogP contribution in [0.2, 0.25) is 0 Å². The van der Waals surface area contributed by atoms with Crippen molar-refractivity contribution >= 4 is 5.96 Å². The molecule has 0 saturated heterocycles. The van der Waals surface area contributed by atoms with E-state index in [0.717, 1.165) is 13.0 Å². The van der Waals surface area contributed by atoms with E-state index in [0.29, 0.717) is 24.8 Å². The largest absolute Gasteiger partial charge is 0.489 e. The number of hydrogen-bond donors (Lipinski definition) is 2. The molecule has 0 bridgehead atoms. The first-order valence-corrected chi connectivity index (χ1v) is 8.05. The molecule has 1 heterocycles. The summed E-state index contributed by atoms with van der Waals surface area (Å²) in [6.07, 6.45) is 4.39. The first-order valence-electron chi connectivity index (χ1n) is 8.05. The maximum absolute atomic E-state index is 13.2. The summed E-state index contributed by atoms with van der Waals surface area (Å²) < 4.78 is 20.9. The van der Waals surface area contributed by atoms with Crippen LogP contribution in [0.5, 0.6) is 5.75 Å². The van der Waals surface area contributed by atoms with Crippen molar-refractivity contribution in [2.45, 2.75) is 26.0 Å². The quantitative estimate of drug-likeness (QED) is 0.573. The lowest BCUT2D eigenvalue weighted by Crippen LogP contribution is -2.43. The minimum atomic E-state index is -0.300. The minimum absolute atomic E-state index is 0.0727. The van der Waals surface area contributed by atoms with Crippen molar-refractivity contribution in [2.75, 3.05) is 20.1 Å². The van der Waals surface area contributed by atoms with Crippen LogP contribution in [0.1, 0.15) is 13.3 Å². The summed E-state index contributed by atoms with van der Waals surface area (Å²) in [6, 6.07) is 8.07. The molecule has 0 aliphatic carbocycles. The highest BCUT2D eigenvalue weighted by Crippen LogP contribution is 2.14. The molecule has 0 aliphatic heterocycles. The maximum Gasteiger partial charge on any atom is 0.191 e. The molecule has 0 fully saturated rings. The summed E-state index contributed by atoms with van der Waals surface area (Å²) >= 11 is 0. The highest BCUT2D eigenvalue weighted by Gasteiger charge is 2.09. The van der Waals surface area contributed by atoms with E-state index < -0.39 is 0 Å². The molecule has 2 aromatic rings. The zero-order valence-corrected chi connectivity index (χ0v) is 14.1. The van der Waals surface area contributed by atoms with Gasteiger partial charge in [0.2, 0.25) is 0 Å². The van der Waals surface area contributed by atoms with Crippen LogP contribution < -0.4 is 15.4 Å². The van der Waals surface area contributed by atoms with Crippen LogP contribution in [0.25, 0.3) is 0 Å². The van der Waals surface area contributed by atoms with Gasteiger partial charge < -0.3 is 15.4 Å². The normalized spacial score (nSPS) is 12.7. The molecule has 1 unspecified atom stereocenters. The Morgan fingerprint density at radius 3 is 2.92 bits per heavy atom. The second-order valence-electron chi connectivity index (χ2n) is 5.25. The van der Waals surface area contributed by atoms with Crippen molar-refractivity contribution in [1.82, 2.24) is 20.4 Å². The summed E-state index contributed by atoms with van der Waals surface area (Å²) in [7, 11) is 1.72. The van der Waals surface area contributed by atoms with Crippen molar-refractivity contribution in [2.24, 2.45) is 4.99 Å². The molecular weight excluding hydrogens is 309 g/mol. The summed E-state index contributed by atoms with van der Waals surface area (Å²) in [4.78, 5) is 4.18. The van der Waals surface area contributed by atoms with Gasteiger partial charge in [0.15, 0.2) is 5.96 Å². The van der Waals surface area contributed by atoms with E-state index in [4.69, 9.17) is 4.74 Å². The molecular formula is C17H24FN5O. The summed E-state index contributed by atoms with van der Waals surface area (Å²) in [5.74, 6) is 0.931. The van der Waals surface area contributed by atoms with Gasteiger partial charge >= 0.3 is 0 Å². The van der Waals surface area contributed by atoms with E-state index in [9.17, 15) is 4.39 Å². The number of nitrogens with one attached hydrogen (secondary N) is 2. The summed E-state index contributed by atoms with van der Waals surface area (Å²) in [5, 5.41) is 10.6. The number of halogens is 1. The number of ether oxygens (including phenoxy) is 1. The molecule has 0 amide bonds. The van der Waals surface area contributed by atoms with Crippen molar-refractivity contribution < 1.29 is 9.13 Å². The van der Waals surface area contributed by atoms with Crippen LogP contribution in [0, 0.1) is 5.82 Å². The Balaban J connectivity index is 1.75. The number of hydrogen-bond acceptors (Lipinski definition) is 3. The van der Waals surface area contributed by atoms with E-state index in [1.807, 2.05) is 23.9 Å². The number of rotatable bonds is 8. The Labute approximate surface area is 141 Å². The van der Waals surface area contributed by atoms with Crippen molar-refractivity contribution in [3.05, 3.63) is 48.5 Å². The van der Waals surface area contributed by atoms with Gasteiger partial charge in [0.25, 0.3) is 0 Å². The Kier molecular flexibility index (Phi) is 7.07. The second kappa shape index (κ2) is 9.54. The summed E-state index contributed by atoms with van der Waals surface area (Å²) in [6.45, 7) is 4.07. The molecule has 7 heteroatoms. The minimum Gasteiger partial charge on any atom is -0.489 e. The molecule has 1 aromatic heterocycles. The third-order valence-electron chi connectivity index (χ3n) is 3.47. The van der Waals surface area contributed by atoms with Gasteiger partial charge in [0.1, 0.15) is 17.7 Å². The molecule has 130 valence electrons. The average molecular weight is 333 g/mol. The average Bonchev–Trinajstić information content (AvgIpc) is 3.10. The van der Waals surface area contributed by atoms with Crippen LogP contribution in [0.4, 0.5) is 4.39 Å². The second-order valence-corrected chi connectivity index (χ2v) is 5.25. The first kappa shape index (κ1) is 17.8. The van der Waals surface area contributed by atoms with Crippen molar-refractivity contribution in [3.63, 3.8) is 0 Å². The van der Waals surface area contributed by atoms with Gasteiger partial charge in [-0.1, -0.05) is 13.0 Å². The lowest BCUT2D eigenvalue weighted by molar-refractivity contribution is 0.198. The molecule has 0 aliphatic rings. The Bertz CT molecular complexity index is 630. The topological polar surface area (TPSA) is 63.5 Å². The predicted octanol–water partition coefficient (Wildman–Crippen LogP) is 2.04. The van der Waals surface area contributed by atoms with Gasteiger partial charge in [0, 0.05) is 32.1 Å². The third-order valence-corrected chi connectivity index (χ3v) is 3.47. The van der Waals surface area contributed by atoms with Gasteiger partial charge in [0.05, 0.1) is 13.1 Å². The standard InChI is InChI=1S/C17H24FN5O/c1-3-15(24-16-7-4-6-14(18)12-16)13-21-17(19-2)20-9-11-23-10-5-8-22-23/h4-8,10,12,15H,3,9,11,13H2,1-2H3,(H2,19,20,21).